The lowest BCUT2D eigenvalue weighted by atomic mass is 10.0. The Morgan fingerprint density at radius 3 is 2.55 bits per heavy atom. The minimum atomic E-state index is -0.453. The number of hydrogen-bond donors (Lipinski definition) is 1. The van der Waals surface area contributed by atoms with E-state index in [4.69, 9.17) is 11.6 Å². The van der Waals surface area contributed by atoms with Gasteiger partial charge in [0.15, 0.2) is 0 Å². The van der Waals surface area contributed by atoms with Gasteiger partial charge in [-0.1, -0.05) is 54.1 Å². The summed E-state index contributed by atoms with van der Waals surface area (Å²) in [5.74, 6) is -0.404. The Morgan fingerprint density at radius 2 is 1.76 bits per heavy atom. The van der Waals surface area contributed by atoms with E-state index in [-0.39, 0.29) is 5.69 Å². The van der Waals surface area contributed by atoms with Crippen LogP contribution in [-0.2, 0) is 0 Å². The smallest absolute Gasteiger partial charge is 0.267 e. The average molecular weight is 457 g/mol. The number of hydrogen-bond acceptors (Lipinski definition) is 5. The summed E-state index contributed by atoms with van der Waals surface area (Å²) in [4.78, 5) is 28.2. The second kappa shape index (κ2) is 9.84. The number of pyridine rings is 1. The first kappa shape index (κ1) is 21.9. The number of nitro benzene ring substituents is 1. The maximum absolute atomic E-state index is 12.9. The first-order valence-corrected chi connectivity index (χ1v) is 10.3. The van der Waals surface area contributed by atoms with Crippen LogP contribution in [0.4, 0.5) is 5.69 Å². The average Bonchev–Trinajstić information content (AvgIpc) is 2.83. The Bertz CT molecular complexity index is 1400. The molecule has 0 fully saturated rings. The van der Waals surface area contributed by atoms with Crippen LogP contribution in [0.25, 0.3) is 28.2 Å². The number of nitro groups is 1. The number of carbonyl (C=O) groups excluding carboxylic acids is 1. The lowest BCUT2D eigenvalue weighted by Gasteiger charge is -2.09. The molecule has 4 aromatic rings. The van der Waals surface area contributed by atoms with Gasteiger partial charge in [-0.25, -0.2) is 10.4 Å². The third-order valence-corrected chi connectivity index (χ3v) is 5.09. The maximum atomic E-state index is 12.9. The molecule has 0 unspecified atom stereocenters. The number of hydrazone groups is 1. The van der Waals surface area contributed by atoms with Crippen LogP contribution in [0.3, 0.4) is 0 Å². The molecule has 0 aliphatic carbocycles. The Balaban J connectivity index is 1.57. The quantitative estimate of drug-likeness (QED) is 0.222. The summed E-state index contributed by atoms with van der Waals surface area (Å²) in [7, 11) is 0. The molecule has 1 heterocycles. The molecule has 0 aliphatic rings. The van der Waals surface area contributed by atoms with Crippen molar-refractivity contribution in [2.45, 2.75) is 0 Å². The number of halogens is 1. The van der Waals surface area contributed by atoms with Crippen molar-refractivity contribution in [1.82, 2.24) is 10.4 Å². The number of benzene rings is 3. The number of carbonyl (C=O) groups is 1. The van der Waals surface area contributed by atoms with Gasteiger partial charge in [-0.05, 0) is 42.5 Å². The molecule has 0 atom stereocenters. The molecule has 4 rings (SSSR count). The molecular formula is C25H17ClN4O3. The first-order chi connectivity index (χ1) is 16.0. The third-order valence-electron chi connectivity index (χ3n) is 4.84. The zero-order chi connectivity index (χ0) is 23.2. The van der Waals surface area contributed by atoms with Crippen molar-refractivity contribution in [3.05, 3.63) is 111 Å². The summed E-state index contributed by atoms with van der Waals surface area (Å²) in [5.41, 5.74) is 5.49. The Hall–Kier alpha value is -4.36. The summed E-state index contributed by atoms with van der Waals surface area (Å²) in [6.45, 7) is 0. The van der Waals surface area contributed by atoms with Crippen LogP contribution in [0.5, 0.6) is 0 Å². The minimum absolute atomic E-state index is 0.0100. The van der Waals surface area contributed by atoms with Crippen molar-refractivity contribution < 1.29 is 9.72 Å². The number of para-hydroxylation sites is 2. The van der Waals surface area contributed by atoms with Gasteiger partial charge in [0.1, 0.15) is 0 Å². The Morgan fingerprint density at radius 1 is 1.03 bits per heavy atom. The number of rotatable bonds is 6. The second-order valence-corrected chi connectivity index (χ2v) is 7.41. The van der Waals surface area contributed by atoms with Gasteiger partial charge in [-0.3, -0.25) is 14.9 Å². The standard InChI is InChI=1S/C25H17ClN4O3/c26-19-13-11-17(12-14-19)23-16-21(20-8-2-3-9-22(20)28-23)25(31)29-27-15-5-7-18-6-1-4-10-24(18)30(32)33/h1-16H,(H,29,31)/b7-5+,27-15-. The largest absolute Gasteiger partial charge is 0.276 e. The molecular weight excluding hydrogens is 440 g/mol. The number of fused-ring (bicyclic) bond motifs is 1. The molecule has 0 radical (unpaired) electrons. The number of amides is 1. The molecule has 3 aromatic carbocycles. The van der Waals surface area contributed by atoms with Gasteiger partial charge >= 0.3 is 0 Å². The van der Waals surface area contributed by atoms with Crippen molar-refractivity contribution in [3.8, 4) is 11.3 Å². The van der Waals surface area contributed by atoms with E-state index >= 15 is 0 Å². The molecule has 0 saturated heterocycles. The predicted octanol–water partition coefficient (Wildman–Crippen LogP) is 5.89. The summed E-state index contributed by atoms with van der Waals surface area (Å²) in [6.07, 6.45) is 4.43. The fraction of sp³-hybridized carbons (Fsp3) is 0. The summed E-state index contributed by atoms with van der Waals surface area (Å²) >= 11 is 5.98. The highest BCUT2D eigenvalue weighted by Crippen LogP contribution is 2.26. The van der Waals surface area contributed by atoms with Crippen molar-refractivity contribution in [2.24, 2.45) is 5.10 Å². The minimum Gasteiger partial charge on any atom is -0.267 e. The highest BCUT2D eigenvalue weighted by Gasteiger charge is 2.13. The van der Waals surface area contributed by atoms with Gasteiger partial charge < -0.3 is 0 Å². The molecule has 1 N–H and O–H groups in total. The molecule has 7 nitrogen and oxygen atoms in total. The highest BCUT2D eigenvalue weighted by atomic mass is 35.5. The molecule has 0 aliphatic heterocycles. The second-order valence-electron chi connectivity index (χ2n) is 6.97. The van der Waals surface area contributed by atoms with E-state index in [0.717, 1.165) is 5.56 Å². The van der Waals surface area contributed by atoms with Crippen LogP contribution >= 0.6 is 11.6 Å². The molecule has 8 heteroatoms. The molecule has 162 valence electrons. The van der Waals surface area contributed by atoms with Gasteiger partial charge in [-0.2, -0.15) is 5.10 Å². The zero-order valence-corrected chi connectivity index (χ0v) is 17.9. The van der Waals surface area contributed by atoms with Gasteiger partial charge in [0, 0.05) is 28.3 Å². The van der Waals surface area contributed by atoms with Gasteiger partial charge in [-0.15, -0.1) is 0 Å². The zero-order valence-electron chi connectivity index (χ0n) is 17.2. The van der Waals surface area contributed by atoms with Crippen molar-refractivity contribution >= 4 is 46.4 Å². The summed E-state index contributed by atoms with van der Waals surface area (Å²) in [5, 5.41) is 16.3. The van der Waals surface area contributed by atoms with Crippen LogP contribution < -0.4 is 5.43 Å². The molecule has 0 spiro atoms. The number of nitrogens with one attached hydrogen (secondary N) is 1. The lowest BCUT2D eigenvalue weighted by Crippen LogP contribution is -2.18. The maximum Gasteiger partial charge on any atom is 0.276 e. The monoisotopic (exact) mass is 456 g/mol. The number of nitrogens with zero attached hydrogens (tertiary/aromatic N) is 3. The summed E-state index contributed by atoms with van der Waals surface area (Å²) in [6, 6.07) is 22.6. The Kier molecular flexibility index (Phi) is 6.52. The molecule has 0 bridgehead atoms. The molecule has 1 aromatic heterocycles. The number of aromatic nitrogens is 1. The van der Waals surface area contributed by atoms with Gasteiger partial charge in [0.25, 0.3) is 11.6 Å². The van der Waals surface area contributed by atoms with E-state index in [0.29, 0.717) is 32.7 Å². The van der Waals surface area contributed by atoms with Crippen molar-refractivity contribution in [1.29, 1.82) is 0 Å². The van der Waals surface area contributed by atoms with Crippen molar-refractivity contribution in [2.75, 3.05) is 0 Å². The molecule has 33 heavy (non-hydrogen) atoms. The van der Waals surface area contributed by atoms with E-state index in [2.05, 4.69) is 15.5 Å². The van der Waals surface area contributed by atoms with Crippen molar-refractivity contribution in [3.63, 3.8) is 0 Å². The van der Waals surface area contributed by atoms with Crippen LogP contribution in [0.1, 0.15) is 15.9 Å². The first-order valence-electron chi connectivity index (χ1n) is 9.92. The van der Waals surface area contributed by atoms with Crippen LogP contribution in [0, 0.1) is 10.1 Å². The SMILES string of the molecule is O=C(N/N=C\C=C\c1ccccc1[N+](=O)[O-])c1cc(-c2ccc(Cl)cc2)nc2ccccc12. The van der Waals surface area contributed by atoms with E-state index in [1.807, 2.05) is 36.4 Å². The van der Waals surface area contributed by atoms with Gasteiger partial charge in [0.05, 0.1) is 27.3 Å². The van der Waals surface area contributed by atoms with Crippen LogP contribution in [-0.4, -0.2) is 22.0 Å². The summed E-state index contributed by atoms with van der Waals surface area (Å²) < 4.78 is 0. The third kappa shape index (κ3) is 5.11. The lowest BCUT2D eigenvalue weighted by molar-refractivity contribution is -0.385. The van der Waals surface area contributed by atoms with Gasteiger partial charge in [0.2, 0.25) is 0 Å². The highest BCUT2D eigenvalue weighted by molar-refractivity contribution is 6.30. The van der Waals surface area contributed by atoms with Crippen LogP contribution in [0.15, 0.2) is 90.0 Å². The fourth-order valence-electron chi connectivity index (χ4n) is 3.27. The number of allylic oxidation sites excluding steroid dienone is 1. The van der Waals surface area contributed by atoms with E-state index in [1.54, 1.807) is 42.5 Å². The molecule has 1 amide bonds. The fourth-order valence-corrected chi connectivity index (χ4v) is 3.40. The van der Waals surface area contributed by atoms with E-state index in [1.165, 1.54) is 18.4 Å². The molecule has 0 saturated carbocycles. The Labute approximate surface area is 194 Å². The normalized spacial score (nSPS) is 11.3. The predicted molar refractivity (Wildman–Crippen MR) is 130 cm³/mol. The van der Waals surface area contributed by atoms with Crippen LogP contribution in [0.2, 0.25) is 5.02 Å². The topological polar surface area (TPSA) is 97.5 Å². The van der Waals surface area contributed by atoms with E-state index < -0.39 is 10.8 Å². The van der Waals surface area contributed by atoms with E-state index in [9.17, 15) is 14.9 Å².